The van der Waals surface area contributed by atoms with Gasteiger partial charge in [-0.1, -0.05) is 36.9 Å². The summed E-state index contributed by atoms with van der Waals surface area (Å²) in [6.45, 7) is 4.48. The van der Waals surface area contributed by atoms with E-state index in [0.29, 0.717) is 27.9 Å². The van der Waals surface area contributed by atoms with Crippen molar-refractivity contribution >= 4 is 35.0 Å². The highest BCUT2D eigenvalue weighted by Crippen LogP contribution is 2.45. The summed E-state index contributed by atoms with van der Waals surface area (Å²) in [7, 11) is 0. The molecule has 1 unspecified atom stereocenters. The number of rotatable bonds is 5. The maximum Gasteiger partial charge on any atom is 0.308 e. The molecule has 34 heavy (non-hydrogen) atoms. The van der Waals surface area contributed by atoms with E-state index >= 15 is 0 Å². The number of non-ortho nitro benzene ring substituents is 1. The van der Waals surface area contributed by atoms with E-state index in [1.807, 2.05) is 6.92 Å². The van der Waals surface area contributed by atoms with Crippen molar-refractivity contribution < 1.29 is 24.0 Å². The predicted molar refractivity (Wildman–Crippen MR) is 123 cm³/mol. The fourth-order valence-corrected chi connectivity index (χ4v) is 4.04. The zero-order valence-electron chi connectivity index (χ0n) is 18.4. The van der Waals surface area contributed by atoms with Crippen LogP contribution in [0.1, 0.15) is 32.6 Å². The summed E-state index contributed by atoms with van der Waals surface area (Å²) in [5.74, 6) is -0.249. The highest BCUT2D eigenvalue weighted by Gasteiger charge is 2.37. The number of aromatic nitrogens is 3. The maximum atomic E-state index is 12.9. The molecular formula is C22H19N5O6S. The summed E-state index contributed by atoms with van der Waals surface area (Å²) < 4.78 is 11.5. The molecule has 0 saturated heterocycles. The Bertz CT molecular complexity index is 1300. The summed E-state index contributed by atoms with van der Waals surface area (Å²) in [5.41, 5.74) is 1.13. The minimum atomic E-state index is -1.25. The van der Waals surface area contributed by atoms with Crippen molar-refractivity contribution in [2.75, 3.05) is 10.7 Å². The van der Waals surface area contributed by atoms with E-state index in [9.17, 15) is 19.7 Å². The second-order valence-electron chi connectivity index (χ2n) is 7.13. The van der Waals surface area contributed by atoms with Gasteiger partial charge < -0.3 is 9.47 Å². The number of nitro benzene ring substituents is 1. The van der Waals surface area contributed by atoms with Crippen LogP contribution in [0.15, 0.2) is 47.6 Å². The predicted octanol–water partition coefficient (Wildman–Crippen LogP) is 3.93. The number of esters is 1. The lowest BCUT2D eigenvalue weighted by atomic mass is 10.1. The van der Waals surface area contributed by atoms with Gasteiger partial charge >= 0.3 is 5.97 Å². The number of carbonyl (C=O) groups excluding carboxylic acids is 2. The minimum absolute atomic E-state index is 0.0143. The summed E-state index contributed by atoms with van der Waals surface area (Å²) in [6.07, 6.45) is -1.25. The molecule has 1 atom stereocenters. The maximum absolute atomic E-state index is 12.9. The lowest BCUT2D eigenvalue weighted by Gasteiger charge is -2.30. The molecule has 2 aromatic carbocycles. The summed E-state index contributed by atoms with van der Waals surface area (Å²) in [5, 5.41) is 20.3. The summed E-state index contributed by atoms with van der Waals surface area (Å²) in [6, 6.07) is 10.7. The molecule has 0 aliphatic carbocycles. The van der Waals surface area contributed by atoms with Gasteiger partial charge in [-0.15, -0.1) is 10.2 Å². The first-order valence-corrected chi connectivity index (χ1v) is 11.2. The normalized spacial score (nSPS) is 14.3. The van der Waals surface area contributed by atoms with Gasteiger partial charge in [0.05, 0.1) is 16.2 Å². The van der Waals surface area contributed by atoms with Crippen LogP contribution in [-0.4, -0.2) is 37.7 Å². The molecule has 0 radical (unpaired) electrons. The Balaban J connectivity index is 2.00. The SMILES string of the molecule is CCSc1nnc2c(n1)OC(c1cc([N+](=O)[O-])ccc1OC(C)=O)N(C(C)=O)c1ccccc1-2. The average molecular weight is 481 g/mol. The standard InChI is InChI=1S/C22H19N5O6S/c1-4-34-22-23-20-19(24-25-22)15-7-5-6-8-17(15)26(12(2)28)21(33-20)16-11-14(27(30)31)9-10-18(16)32-13(3)29/h5-11,21H,4H2,1-3H3. The number of carbonyl (C=O) groups is 2. The fourth-order valence-electron chi connectivity index (χ4n) is 3.54. The molecule has 0 fully saturated rings. The van der Waals surface area contributed by atoms with Crippen LogP contribution in [0, 0.1) is 10.1 Å². The second-order valence-corrected chi connectivity index (χ2v) is 8.36. The first-order valence-electron chi connectivity index (χ1n) is 10.2. The van der Waals surface area contributed by atoms with Crippen LogP contribution in [0.25, 0.3) is 11.3 Å². The summed E-state index contributed by atoms with van der Waals surface area (Å²) in [4.78, 5) is 41.4. The van der Waals surface area contributed by atoms with Crippen molar-refractivity contribution in [2.45, 2.75) is 32.2 Å². The molecule has 1 amide bonds. The quantitative estimate of drug-likeness (QED) is 0.173. The van der Waals surface area contributed by atoms with Gasteiger partial charge in [-0.25, -0.2) is 0 Å². The topological polar surface area (TPSA) is 138 Å². The number of amides is 1. The van der Waals surface area contributed by atoms with Crippen molar-refractivity contribution in [3.8, 4) is 22.9 Å². The molecule has 1 aliphatic heterocycles. The van der Waals surface area contributed by atoms with E-state index in [2.05, 4.69) is 15.2 Å². The molecule has 4 rings (SSSR count). The molecule has 0 spiro atoms. The monoisotopic (exact) mass is 481 g/mol. The number of hydrogen-bond donors (Lipinski definition) is 0. The number of thioether (sulfide) groups is 1. The van der Waals surface area contributed by atoms with Crippen molar-refractivity contribution in [1.82, 2.24) is 15.2 Å². The fraction of sp³-hybridized carbons (Fsp3) is 0.227. The van der Waals surface area contributed by atoms with Crippen molar-refractivity contribution in [3.05, 3.63) is 58.1 Å². The first-order chi connectivity index (χ1) is 16.3. The molecule has 3 aromatic rings. The Morgan fingerprint density at radius 3 is 2.65 bits per heavy atom. The van der Waals surface area contributed by atoms with Crippen LogP contribution in [-0.2, 0) is 9.59 Å². The number of hydrogen-bond acceptors (Lipinski definition) is 10. The Morgan fingerprint density at radius 1 is 1.21 bits per heavy atom. The van der Waals surface area contributed by atoms with E-state index < -0.39 is 23.0 Å². The molecule has 0 N–H and O–H groups in total. The van der Waals surface area contributed by atoms with Gasteiger partial charge in [-0.2, -0.15) is 4.98 Å². The Labute approximate surface area is 198 Å². The van der Waals surface area contributed by atoms with E-state index in [0.717, 1.165) is 0 Å². The zero-order chi connectivity index (χ0) is 24.4. The molecule has 11 nitrogen and oxygen atoms in total. The van der Waals surface area contributed by atoms with Crippen LogP contribution in [0.2, 0.25) is 0 Å². The van der Waals surface area contributed by atoms with Crippen LogP contribution < -0.4 is 14.4 Å². The number of para-hydroxylation sites is 1. The Hall–Kier alpha value is -4.06. The lowest BCUT2D eigenvalue weighted by molar-refractivity contribution is -0.385. The third kappa shape index (κ3) is 4.39. The highest BCUT2D eigenvalue weighted by atomic mass is 32.2. The van der Waals surface area contributed by atoms with Gasteiger partial charge in [0.25, 0.3) is 5.69 Å². The lowest BCUT2D eigenvalue weighted by Crippen LogP contribution is -2.36. The molecule has 1 aromatic heterocycles. The van der Waals surface area contributed by atoms with Gasteiger partial charge in [0, 0.05) is 31.5 Å². The average Bonchev–Trinajstić information content (AvgIpc) is 2.93. The number of fused-ring (bicyclic) bond motifs is 3. The second kappa shape index (κ2) is 9.43. The van der Waals surface area contributed by atoms with Crippen molar-refractivity contribution in [3.63, 3.8) is 0 Å². The van der Waals surface area contributed by atoms with Crippen LogP contribution in [0.4, 0.5) is 11.4 Å². The number of ether oxygens (including phenoxy) is 2. The van der Waals surface area contributed by atoms with Gasteiger partial charge in [-0.05, 0) is 17.9 Å². The molecule has 0 saturated carbocycles. The number of nitrogens with zero attached hydrogens (tertiary/aromatic N) is 5. The molecule has 12 heteroatoms. The van der Waals surface area contributed by atoms with Crippen LogP contribution >= 0.6 is 11.8 Å². The number of anilines is 1. The largest absolute Gasteiger partial charge is 0.447 e. The van der Waals surface area contributed by atoms with Gasteiger partial charge in [0.2, 0.25) is 23.2 Å². The third-order valence-electron chi connectivity index (χ3n) is 4.85. The molecule has 0 bridgehead atoms. The smallest absolute Gasteiger partial charge is 0.308 e. The van der Waals surface area contributed by atoms with Crippen molar-refractivity contribution in [1.29, 1.82) is 0 Å². The first kappa shape index (κ1) is 23.1. The summed E-state index contributed by atoms with van der Waals surface area (Å²) >= 11 is 1.35. The third-order valence-corrected chi connectivity index (χ3v) is 5.57. The molecule has 174 valence electrons. The van der Waals surface area contributed by atoms with E-state index in [-0.39, 0.29) is 22.9 Å². The van der Waals surface area contributed by atoms with Gasteiger partial charge in [0.1, 0.15) is 5.75 Å². The molecular weight excluding hydrogens is 462 g/mol. The van der Waals surface area contributed by atoms with Gasteiger partial charge in [-0.3, -0.25) is 24.6 Å². The van der Waals surface area contributed by atoms with Crippen LogP contribution in [0.3, 0.4) is 0 Å². The zero-order valence-corrected chi connectivity index (χ0v) is 19.2. The van der Waals surface area contributed by atoms with Gasteiger partial charge in [0.15, 0.2) is 5.69 Å². The Kier molecular flexibility index (Phi) is 6.41. The number of benzene rings is 2. The molecule has 1 aliphatic rings. The van der Waals surface area contributed by atoms with E-state index in [4.69, 9.17) is 9.47 Å². The van der Waals surface area contributed by atoms with Crippen LogP contribution in [0.5, 0.6) is 11.6 Å². The highest BCUT2D eigenvalue weighted by molar-refractivity contribution is 7.99. The number of nitro groups is 1. The minimum Gasteiger partial charge on any atom is -0.447 e. The molecule has 2 heterocycles. The van der Waals surface area contributed by atoms with E-state index in [1.54, 1.807) is 24.3 Å². The Morgan fingerprint density at radius 2 is 1.97 bits per heavy atom. The van der Waals surface area contributed by atoms with E-state index in [1.165, 1.54) is 48.7 Å². The van der Waals surface area contributed by atoms with Crippen molar-refractivity contribution in [2.24, 2.45) is 0 Å².